The summed E-state index contributed by atoms with van der Waals surface area (Å²) in [6.07, 6.45) is 2.07. The number of aromatic amines is 1. The van der Waals surface area contributed by atoms with Gasteiger partial charge in [0.2, 0.25) is 5.71 Å². The summed E-state index contributed by atoms with van der Waals surface area (Å²) in [5.41, 5.74) is -0.264. The van der Waals surface area contributed by atoms with E-state index < -0.39 is 12.1 Å². The molecule has 1 N–H and O–H groups in total. The summed E-state index contributed by atoms with van der Waals surface area (Å²) in [5, 5.41) is 6.19. The monoisotopic (exact) mass is 298 g/mol. The number of fused-ring (bicyclic) bond motifs is 1. The molecule has 1 unspecified atom stereocenters. The third kappa shape index (κ3) is 3.68. The van der Waals surface area contributed by atoms with E-state index in [1.165, 1.54) is 6.07 Å². The SMILES string of the molecule is CCCC(C)CCCc1cc(=O)oc2n[nH]c(C(F)F)c12. The predicted octanol–water partition coefficient (Wildman–Crippen LogP) is 4.21. The molecule has 1 atom stereocenters. The Morgan fingerprint density at radius 2 is 2.14 bits per heavy atom. The van der Waals surface area contributed by atoms with E-state index in [4.69, 9.17) is 4.42 Å². The van der Waals surface area contributed by atoms with Gasteiger partial charge in [-0.05, 0) is 24.3 Å². The normalized spacial score (nSPS) is 13.2. The van der Waals surface area contributed by atoms with Crippen LogP contribution in [0.4, 0.5) is 8.78 Å². The van der Waals surface area contributed by atoms with Gasteiger partial charge in [0.25, 0.3) is 6.43 Å². The topological polar surface area (TPSA) is 58.9 Å². The second-order valence-corrected chi connectivity index (χ2v) is 5.49. The van der Waals surface area contributed by atoms with Crippen molar-refractivity contribution in [3.05, 3.63) is 27.7 Å². The van der Waals surface area contributed by atoms with Crippen LogP contribution in [0.1, 0.15) is 57.2 Å². The molecular formula is C15H20F2N2O2. The summed E-state index contributed by atoms with van der Waals surface area (Å²) < 4.78 is 30.8. The van der Waals surface area contributed by atoms with Crippen LogP contribution in [0.5, 0.6) is 0 Å². The highest BCUT2D eigenvalue weighted by atomic mass is 19.3. The Bertz CT molecular complexity index is 649. The van der Waals surface area contributed by atoms with Crippen molar-refractivity contribution in [1.29, 1.82) is 0 Å². The molecule has 0 amide bonds. The molecule has 0 aliphatic carbocycles. The third-order valence-corrected chi connectivity index (χ3v) is 3.71. The zero-order valence-corrected chi connectivity index (χ0v) is 12.3. The lowest BCUT2D eigenvalue weighted by Crippen LogP contribution is -2.02. The minimum Gasteiger partial charge on any atom is -0.402 e. The molecule has 0 aromatic carbocycles. The van der Waals surface area contributed by atoms with Crippen LogP contribution < -0.4 is 5.63 Å². The molecule has 2 aromatic heterocycles. The van der Waals surface area contributed by atoms with E-state index in [9.17, 15) is 13.6 Å². The van der Waals surface area contributed by atoms with E-state index in [-0.39, 0.29) is 16.8 Å². The van der Waals surface area contributed by atoms with Gasteiger partial charge >= 0.3 is 5.63 Å². The fraction of sp³-hybridized carbons (Fsp3) is 0.600. The van der Waals surface area contributed by atoms with Crippen LogP contribution in [0.15, 0.2) is 15.3 Å². The van der Waals surface area contributed by atoms with Crippen molar-refractivity contribution in [1.82, 2.24) is 10.2 Å². The summed E-state index contributed by atoms with van der Waals surface area (Å²) in [4.78, 5) is 11.5. The van der Waals surface area contributed by atoms with Gasteiger partial charge < -0.3 is 4.42 Å². The van der Waals surface area contributed by atoms with E-state index in [2.05, 4.69) is 24.0 Å². The second-order valence-electron chi connectivity index (χ2n) is 5.49. The number of nitrogens with one attached hydrogen (secondary N) is 1. The first-order chi connectivity index (χ1) is 10.0. The minimum absolute atomic E-state index is 0.0330. The maximum absolute atomic E-state index is 13.0. The van der Waals surface area contributed by atoms with Crippen LogP contribution in [0, 0.1) is 5.92 Å². The van der Waals surface area contributed by atoms with Gasteiger partial charge in [0.1, 0.15) is 5.69 Å². The summed E-state index contributed by atoms with van der Waals surface area (Å²) in [7, 11) is 0. The molecule has 0 saturated carbocycles. The van der Waals surface area contributed by atoms with Gasteiger partial charge in [0, 0.05) is 6.07 Å². The zero-order chi connectivity index (χ0) is 15.4. The molecule has 0 aliphatic heterocycles. The van der Waals surface area contributed by atoms with Gasteiger partial charge in [-0.2, -0.15) is 0 Å². The van der Waals surface area contributed by atoms with Crippen molar-refractivity contribution in [2.24, 2.45) is 5.92 Å². The van der Waals surface area contributed by atoms with E-state index in [0.717, 1.165) is 25.7 Å². The van der Waals surface area contributed by atoms with E-state index >= 15 is 0 Å². The smallest absolute Gasteiger partial charge is 0.337 e. The number of nitrogens with zero attached hydrogens (tertiary/aromatic N) is 1. The Morgan fingerprint density at radius 1 is 1.38 bits per heavy atom. The van der Waals surface area contributed by atoms with Crippen LogP contribution in [0.2, 0.25) is 0 Å². The molecule has 0 aliphatic rings. The van der Waals surface area contributed by atoms with Crippen molar-refractivity contribution in [3.8, 4) is 0 Å². The van der Waals surface area contributed by atoms with Gasteiger partial charge in [-0.3, -0.25) is 5.10 Å². The first kappa shape index (κ1) is 15.7. The minimum atomic E-state index is -2.67. The molecule has 2 aromatic rings. The van der Waals surface area contributed by atoms with Crippen LogP contribution >= 0.6 is 0 Å². The average Bonchev–Trinajstić information content (AvgIpc) is 2.82. The molecule has 0 saturated heterocycles. The predicted molar refractivity (Wildman–Crippen MR) is 76.6 cm³/mol. The molecular weight excluding hydrogens is 278 g/mol. The Balaban J connectivity index is 2.21. The van der Waals surface area contributed by atoms with Crippen LogP contribution in [-0.2, 0) is 6.42 Å². The third-order valence-electron chi connectivity index (χ3n) is 3.71. The maximum Gasteiger partial charge on any atom is 0.337 e. The fourth-order valence-electron chi connectivity index (χ4n) is 2.69. The first-order valence-corrected chi connectivity index (χ1v) is 7.32. The quantitative estimate of drug-likeness (QED) is 0.833. The molecule has 0 spiro atoms. The van der Waals surface area contributed by atoms with Gasteiger partial charge in [-0.15, -0.1) is 5.10 Å². The lowest BCUT2D eigenvalue weighted by atomic mass is 9.96. The molecule has 4 nitrogen and oxygen atoms in total. The molecule has 6 heteroatoms. The van der Waals surface area contributed by atoms with Gasteiger partial charge in [-0.1, -0.05) is 33.1 Å². The first-order valence-electron chi connectivity index (χ1n) is 7.32. The summed E-state index contributed by atoms with van der Waals surface area (Å²) in [6.45, 7) is 4.32. The summed E-state index contributed by atoms with van der Waals surface area (Å²) in [5.74, 6) is 0.601. The Kier molecular flexibility index (Phi) is 5.09. The highest BCUT2D eigenvalue weighted by molar-refractivity contribution is 5.80. The van der Waals surface area contributed by atoms with Crippen molar-refractivity contribution in [3.63, 3.8) is 0 Å². The van der Waals surface area contributed by atoms with Gasteiger partial charge in [0.15, 0.2) is 0 Å². The Labute approximate surface area is 121 Å². The number of rotatable bonds is 7. The number of hydrogen-bond acceptors (Lipinski definition) is 3. The largest absolute Gasteiger partial charge is 0.402 e. The standard InChI is InChI=1S/C15H20F2N2O2/c1-3-5-9(2)6-4-7-10-8-11(20)21-15-12(10)13(14(16)17)18-19-15/h8-9,14H,3-7H2,1-2H3,(H,18,19). The van der Waals surface area contributed by atoms with E-state index in [1.807, 2.05) is 0 Å². The van der Waals surface area contributed by atoms with Crippen molar-refractivity contribution in [2.75, 3.05) is 0 Å². The van der Waals surface area contributed by atoms with Crippen LogP contribution in [0.25, 0.3) is 11.1 Å². The van der Waals surface area contributed by atoms with Crippen molar-refractivity contribution < 1.29 is 13.2 Å². The molecule has 0 fully saturated rings. The van der Waals surface area contributed by atoms with Crippen LogP contribution in [0.3, 0.4) is 0 Å². The van der Waals surface area contributed by atoms with Crippen molar-refractivity contribution in [2.45, 2.75) is 52.4 Å². The fourth-order valence-corrected chi connectivity index (χ4v) is 2.69. The number of alkyl halides is 2. The van der Waals surface area contributed by atoms with Crippen LogP contribution in [-0.4, -0.2) is 10.2 Å². The summed E-state index contributed by atoms with van der Waals surface area (Å²) in [6, 6.07) is 1.30. The highest BCUT2D eigenvalue weighted by Crippen LogP contribution is 2.28. The zero-order valence-electron chi connectivity index (χ0n) is 12.3. The lowest BCUT2D eigenvalue weighted by Gasteiger charge is -2.09. The average molecular weight is 298 g/mol. The Hall–Kier alpha value is -1.72. The maximum atomic E-state index is 13.0. The van der Waals surface area contributed by atoms with E-state index in [1.54, 1.807) is 0 Å². The van der Waals surface area contributed by atoms with Gasteiger partial charge in [0.05, 0.1) is 5.39 Å². The molecule has 2 rings (SSSR count). The number of halogens is 2. The number of aromatic nitrogens is 2. The number of aryl methyl sites for hydroxylation is 1. The molecule has 21 heavy (non-hydrogen) atoms. The van der Waals surface area contributed by atoms with Crippen molar-refractivity contribution >= 4 is 11.1 Å². The summed E-state index contributed by atoms with van der Waals surface area (Å²) >= 11 is 0. The molecule has 0 bridgehead atoms. The number of hydrogen-bond donors (Lipinski definition) is 1. The number of H-pyrrole nitrogens is 1. The highest BCUT2D eigenvalue weighted by Gasteiger charge is 2.20. The Morgan fingerprint density at radius 3 is 2.81 bits per heavy atom. The molecule has 0 radical (unpaired) electrons. The molecule has 2 heterocycles. The lowest BCUT2D eigenvalue weighted by molar-refractivity contribution is 0.147. The van der Waals surface area contributed by atoms with Gasteiger partial charge in [-0.25, -0.2) is 13.6 Å². The second kappa shape index (κ2) is 6.83. The van der Waals surface area contributed by atoms with E-state index in [0.29, 0.717) is 17.9 Å². The molecule has 116 valence electrons.